The number of phenols is 1. The Labute approximate surface area is 179 Å². The van der Waals surface area contributed by atoms with Gasteiger partial charge in [-0.1, -0.05) is 54.6 Å². The first-order valence-corrected chi connectivity index (χ1v) is 10.6. The number of anilines is 1. The molecule has 5 heteroatoms. The average Bonchev–Trinajstić information content (AvgIpc) is 3.19. The van der Waals surface area contributed by atoms with Gasteiger partial charge < -0.3 is 10.8 Å². The van der Waals surface area contributed by atoms with Gasteiger partial charge in [-0.05, 0) is 53.8 Å². The lowest BCUT2D eigenvalue weighted by atomic mass is 9.89. The van der Waals surface area contributed by atoms with Crippen LogP contribution >= 0.6 is 11.3 Å². The molecule has 3 N–H and O–H groups in total. The van der Waals surface area contributed by atoms with Crippen molar-refractivity contribution in [2.75, 3.05) is 5.73 Å². The summed E-state index contributed by atoms with van der Waals surface area (Å²) in [4.78, 5) is 16.2. The Morgan fingerprint density at radius 2 is 1.77 bits per heavy atom. The summed E-state index contributed by atoms with van der Waals surface area (Å²) in [6.45, 7) is 1.58. The van der Waals surface area contributed by atoms with Crippen molar-refractivity contribution in [3.8, 4) is 16.9 Å². The van der Waals surface area contributed by atoms with Gasteiger partial charge in [0.15, 0.2) is 10.9 Å². The van der Waals surface area contributed by atoms with Gasteiger partial charge in [-0.2, -0.15) is 0 Å². The van der Waals surface area contributed by atoms with Gasteiger partial charge in [-0.25, -0.2) is 4.98 Å². The van der Waals surface area contributed by atoms with E-state index in [1.807, 2.05) is 41.8 Å². The fourth-order valence-corrected chi connectivity index (χ4v) is 4.16. The number of ketones is 1. The first kappa shape index (κ1) is 19.9. The zero-order chi connectivity index (χ0) is 21.1. The quantitative estimate of drug-likeness (QED) is 0.398. The fraction of sp³-hybridized carbons (Fsp3) is 0.120. The molecule has 0 saturated heterocycles. The molecular formula is C25H22N2O2S. The number of nitrogens with zero attached hydrogens (tertiary/aromatic N) is 1. The highest BCUT2D eigenvalue weighted by Gasteiger charge is 2.18. The summed E-state index contributed by atoms with van der Waals surface area (Å²) in [6, 6.07) is 23.3. The Bertz CT molecular complexity index is 1160. The average molecular weight is 415 g/mol. The van der Waals surface area contributed by atoms with Crippen molar-refractivity contribution in [3.63, 3.8) is 0 Å². The summed E-state index contributed by atoms with van der Waals surface area (Å²) in [7, 11) is 0. The Kier molecular flexibility index (Phi) is 5.63. The van der Waals surface area contributed by atoms with E-state index in [1.54, 1.807) is 19.1 Å². The second-order valence-electron chi connectivity index (χ2n) is 7.29. The maximum Gasteiger partial charge on any atom is 0.180 e. The molecule has 0 fully saturated rings. The molecule has 4 nitrogen and oxygen atoms in total. The van der Waals surface area contributed by atoms with Crippen LogP contribution in [0.4, 0.5) is 5.13 Å². The van der Waals surface area contributed by atoms with E-state index in [2.05, 4.69) is 29.2 Å². The van der Waals surface area contributed by atoms with E-state index in [-0.39, 0.29) is 17.5 Å². The maximum absolute atomic E-state index is 11.7. The highest BCUT2D eigenvalue weighted by atomic mass is 32.1. The van der Waals surface area contributed by atoms with Crippen molar-refractivity contribution in [1.82, 2.24) is 4.98 Å². The van der Waals surface area contributed by atoms with Crippen molar-refractivity contribution in [2.24, 2.45) is 0 Å². The summed E-state index contributed by atoms with van der Waals surface area (Å²) >= 11 is 1.43. The molecule has 0 aliphatic rings. The predicted octanol–water partition coefficient (Wildman–Crippen LogP) is 5.68. The zero-order valence-electron chi connectivity index (χ0n) is 16.6. The van der Waals surface area contributed by atoms with Crippen LogP contribution in [0, 0.1) is 0 Å². The first-order valence-electron chi connectivity index (χ1n) is 9.70. The third-order valence-corrected chi connectivity index (χ3v) is 5.88. The molecule has 0 radical (unpaired) electrons. The topological polar surface area (TPSA) is 76.2 Å². The summed E-state index contributed by atoms with van der Waals surface area (Å²) in [6.07, 6.45) is 0.766. The number of hydrogen-bond acceptors (Lipinski definition) is 5. The molecule has 0 saturated carbocycles. The van der Waals surface area contributed by atoms with Crippen molar-refractivity contribution >= 4 is 22.3 Å². The van der Waals surface area contributed by atoms with Crippen molar-refractivity contribution in [2.45, 2.75) is 19.3 Å². The lowest BCUT2D eigenvalue weighted by molar-refractivity contribution is 0.101. The van der Waals surface area contributed by atoms with E-state index >= 15 is 0 Å². The second-order valence-corrected chi connectivity index (χ2v) is 8.18. The van der Waals surface area contributed by atoms with Gasteiger partial charge in [0.25, 0.3) is 0 Å². The van der Waals surface area contributed by atoms with E-state index in [4.69, 9.17) is 5.73 Å². The van der Waals surface area contributed by atoms with E-state index in [9.17, 15) is 9.90 Å². The normalized spacial score (nSPS) is 11.9. The maximum atomic E-state index is 11.7. The molecule has 1 heterocycles. The van der Waals surface area contributed by atoms with Crippen LogP contribution in [0.1, 0.15) is 40.0 Å². The third kappa shape index (κ3) is 4.42. The van der Waals surface area contributed by atoms with Gasteiger partial charge in [-0.3, -0.25) is 4.79 Å². The number of nitrogens with two attached hydrogens (primary N) is 1. The molecule has 0 aliphatic heterocycles. The third-order valence-electron chi connectivity index (χ3n) is 5.19. The molecule has 1 atom stereocenters. The minimum atomic E-state index is 0.0473. The summed E-state index contributed by atoms with van der Waals surface area (Å²) < 4.78 is 0. The number of thiazole rings is 1. The minimum absolute atomic E-state index is 0.0473. The highest BCUT2D eigenvalue weighted by Crippen LogP contribution is 2.32. The largest absolute Gasteiger partial charge is 0.508 e. The molecule has 0 amide bonds. The Balaban J connectivity index is 1.61. The standard InChI is InChI=1S/C25H22N2O2S/c1-16(28)20-3-2-4-21(14-20)18-7-5-17(6-8-18)13-23(24-15-30-25(26)27-24)19-9-11-22(29)12-10-19/h2-12,14-15,23,29H,13H2,1H3,(H2,26,27)/t23-/m0/s1. The monoisotopic (exact) mass is 414 g/mol. The molecular weight excluding hydrogens is 392 g/mol. The van der Waals surface area contributed by atoms with Crippen molar-refractivity contribution in [1.29, 1.82) is 0 Å². The van der Waals surface area contributed by atoms with Crippen molar-refractivity contribution in [3.05, 3.63) is 101 Å². The van der Waals surface area contributed by atoms with Crippen LogP contribution in [0.25, 0.3) is 11.1 Å². The summed E-state index contributed by atoms with van der Waals surface area (Å²) in [5, 5.41) is 12.2. The molecule has 30 heavy (non-hydrogen) atoms. The highest BCUT2D eigenvalue weighted by molar-refractivity contribution is 7.13. The Morgan fingerprint density at radius 1 is 1.03 bits per heavy atom. The molecule has 0 aliphatic carbocycles. The molecule has 3 aromatic carbocycles. The number of carbonyl (C=O) groups is 1. The number of Topliss-reactive ketones (excluding diaryl/α,β-unsaturated/α-hetero) is 1. The molecule has 0 bridgehead atoms. The van der Waals surface area contributed by atoms with Gasteiger partial charge in [-0.15, -0.1) is 11.3 Å². The SMILES string of the molecule is CC(=O)c1cccc(-c2ccc(C[C@@H](c3ccc(O)cc3)c3csc(N)n3)cc2)c1. The van der Waals surface area contributed by atoms with Gasteiger partial charge in [0.05, 0.1) is 5.69 Å². The van der Waals surface area contributed by atoms with Crippen molar-refractivity contribution < 1.29 is 9.90 Å². The number of benzene rings is 3. The van der Waals surface area contributed by atoms with Crippen LogP contribution in [0.5, 0.6) is 5.75 Å². The Hall–Kier alpha value is -3.44. The van der Waals surface area contributed by atoms with E-state index in [1.165, 1.54) is 16.9 Å². The fourth-order valence-electron chi connectivity index (χ4n) is 3.55. The van der Waals surface area contributed by atoms with Gasteiger partial charge >= 0.3 is 0 Å². The molecule has 4 rings (SSSR count). The Morgan fingerprint density at radius 3 is 2.40 bits per heavy atom. The number of carbonyl (C=O) groups excluding carboxylic acids is 1. The van der Waals surface area contributed by atoms with Crippen LogP contribution in [-0.2, 0) is 6.42 Å². The van der Waals surface area contributed by atoms with Gasteiger partial charge in [0, 0.05) is 16.9 Å². The van der Waals surface area contributed by atoms with E-state index < -0.39 is 0 Å². The summed E-state index contributed by atoms with van der Waals surface area (Å²) in [5.74, 6) is 0.353. The molecule has 0 spiro atoms. The lowest BCUT2D eigenvalue weighted by Gasteiger charge is -2.16. The van der Waals surface area contributed by atoms with Crippen LogP contribution < -0.4 is 5.73 Å². The molecule has 150 valence electrons. The number of aromatic hydroxyl groups is 1. The van der Waals surface area contributed by atoms with Crippen LogP contribution in [0.3, 0.4) is 0 Å². The van der Waals surface area contributed by atoms with Crippen LogP contribution in [0.2, 0.25) is 0 Å². The number of nitrogen functional groups attached to an aromatic ring is 1. The number of aromatic nitrogens is 1. The van der Waals surface area contributed by atoms with E-state index in [0.717, 1.165) is 28.8 Å². The van der Waals surface area contributed by atoms with Gasteiger partial charge in [0.1, 0.15) is 5.75 Å². The minimum Gasteiger partial charge on any atom is -0.508 e. The zero-order valence-corrected chi connectivity index (χ0v) is 17.4. The predicted molar refractivity (Wildman–Crippen MR) is 122 cm³/mol. The number of rotatable bonds is 6. The molecule has 1 aromatic heterocycles. The molecule has 4 aromatic rings. The lowest BCUT2D eigenvalue weighted by Crippen LogP contribution is -2.06. The van der Waals surface area contributed by atoms with Crippen LogP contribution in [-0.4, -0.2) is 15.9 Å². The van der Waals surface area contributed by atoms with Gasteiger partial charge in [0.2, 0.25) is 0 Å². The first-order chi connectivity index (χ1) is 14.5. The number of phenolic OH excluding ortho intramolecular Hbond substituents is 1. The molecule has 0 unspecified atom stereocenters. The smallest absolute Gasteiger partial charge is 0.180 e. The number of hydrogen-bond donors (Lipinski definition) is 2. The van der Waals surface area contributed by atoms with Crippen LogP contribution in [0.15, 0.2) is 78.2 Å². The summed E-state index contributed by atoms with van der Waals surface area (Å²) in [5.41, 5.74) is 11.9. The second kappa shape index (κ2) is 8.51. The van der Waals surface area contributed by atoms with E-state index in [0.29, 0.717) is 10.7 Å².